The normalized spacial score (nSPS) is 17.6. The van der Waals surface area contributed by atoms with Gasteiger partial charge in [-0.25, -0.2) is 0 Å². The van der Waals surface area contributed by atoms with Crippen molar-refractivity contribution in [2.24, 2.45) is 0 Å². The van der Waals surface area contributed by atoms with Crippen LogP contribution >= 0.6 is 0 Å². The van der Waals surface area contributed by atoms with Gasteiger partial charge in [0.2, 0.25) is 0 Å². The smallest absolute Gasteiger partial charge is 0.165 e. The fourth-order valence-electron chi connectivity index (χ4n) is 3.67. The molecule has 1 aromatic carbocycles. The van der Waals surface area contributed by atoms with Gasteiger partial charge in [0.25, 0.3) is 0 Å². The largest absolute Gasteiger partial charge is 0.507 e. The lowest BCUT2D eigenvalue weighted by molar-refractivity contribution is -0.115. The van der Waals surface area contributed by atoms with E-state index >= 15 is 0 Å². The number of fused-ring (bicyclic) bond motifs is 2. The number of benzene rings is 1. The molecule has 5 heteroatoms. The molecule has 2 aliphatic rings. The van der Waals surface area contributed by atoms with Gasteiger partial charge in [-0.05, 0) is 44.0 Å². The first-order valence-corrected chi connectivity index (χ1v) is 8.69. The number of phenolic OH excluding ortho intramolecular Hbond substituents is 1. The number of ketones is 1. The Kier molecular flexibility index (Phi) is 3.88. The second kappa shape index (κ2) is 6.08. The Morgan fingerprint density at radius 3 is 2.68 bits per heavy atom. The fourth-order valence-corrected chi connectivity index (χ4v) is 3.67. The van der Waals surface area contributed by atoms with Gasteiger partial charge in [0.05, 0.1) is 17.8 Å². The quantitative estimate of drug-likeness (QED) is 0.914. The summed E-state index contributed by atoms with van der Waals surface area (Å²) in [5.74, 6) is 0.362. The minimum Gasteiger partial charge on any atom is -0.507 e. The SMILES string of the molecule is CC(C)N1CCC2=C(C1)c1cc(-c3ccccc3O)nnc1CC2=O. The summed E-state index contributed by atoms with van der Waals surface area (Å²) < 4.78 is 0. The summed E-state index contributed by atoms with van der Waals surface area (Å²) in [5.41, 5.74) is 5.08. The molecule has 0 saturated heterocycles. The van der Waals surface area contributed by atoms with Crippen molar-refractivity contribution < 1.29 is 9.90 Å². The highest BCUT2D eigenvalue weighted by molar-refractivity contribution is 6.07. The maximum atomic E-state index is 12.5. The molecular formula is C20H21N3O2. The first kappa shape index (κ1) is 16.0. The molecule has 0 atom stereocenters. The van der Waals surface area contributed by atoms with E-state index < -0.39 is 0 Å². The van der Waals surface area contributed by atoms with Gasteiger partial charge in [-0.3, -0.25) is 9.69 Å². The summed E-state index contributed by atoms with van der Waals surface area (Å²) in [5, 5.41) is 18.7. The number of Topliss-reactive ketones (excluding diaryl/α,β-unsaturated/α-hetero) is 1. The third-order valence-electron chi connectivity index (χ3n) is 5.14. The molecular weight excluding hydrogens is 314 g/mol. The van der Waals surface area contributed by atoms with E-state index in [0.717, 1.165) is 41.9 Å². The van der Waals surface area contributed by atoms with Gasteiger partial charge in [0.1, 0.15) is 5.75 Å². The molecule has 0 amide bonds. The van der Waals surface area contributed by atoms with Crippen molar-refractivity contribution in [1.82, 2.24) is 15.1 Å². The van der Waals surface area contributed by atoms with Gasteiger partial charge < -0.3 is 5.11 Å². The summed E-state index contributed by atoms with van der Waals surface area (Å²) in [4.78, 5) is 14.9. The molecule has 1 N–H and O–H groups in total. The Morgan fingerprint density at radius 1 is 1.12 bits per heavy atom. The van der Waals surface area contributed by atoms with Crippen LogP contribution in [0.15, 0.2) is 35.9 Å². The van der Waals surface area contributed by atoms with Gasteiger partial charge in [0.15, 0.2) is 5.78 Å². The van der Waals surface area contributed by atoms with Crippen molar-refractivity contribution in [2.45, 2.75) is 32.7 Å². The number of aromatic nitrogens is 2. The van der Waals surface area contributed by atoms with Crippen LogP contribution in [-0.2, 0) is 11.2 Å². The van der Waals surface area contributed by atoms with E-state index in [1.165, 1.54) is 0 Å². The number of rotatable bonds is 2. The highest BCUT2D eigenvalue weighted by Crippen LogP contribution is 2.36. The third-order valence-corrected chi connectivity index (χ3v) is 5.14. The number of nitrogens with zero attached hydrogens (tertiary/aromatic N) is 3. The number of carbonyl (C=O) groups excluding carboxylic acids is 1. The molecule has 5 nitrogen and oxygen atoms in total. The van der Waals surface area contributed by atoms with Crippen LogP contribution in [0.1, 0.15) is 31.5 Å². The third kappa shape index (κ3) is 2.74. The van der Waals surface area contributed by atoms with Crippen LogP contribution in [0.5, 0.6) is 5.75 Å². The van der Waals surface area contributed by atoms with E-state index in [2.05, 4.69) is 28.9 Å². The molecule has 0 fully saturated rings. The van der Waals surface area contributed by atoms with Crippen LogP contribution in [-0.4, -0.2) is 45.1 Å². The lowest BCUT2D eigenvalue weighted by Crippen LogP contribution is -2.39. The number of hydrogen-bond acceptors (Lipinski definition) is 5. The van der Waals surface area contributed by atoms with E-state index in [1.54, 1.807) is 12.1 Å². The molecule has 4 rings (SSSR count). The number of aromatic hydroxyl groups is 1. The van der Waals surface area contributed by atoms with Crippen molar-refractivity contribution in [2.75, 3.05) is 13.1 Å². The summed E-state index contributed by atoms with van der Waals surface area (Å²) in [7, 11) is 0. The Labute approximate surface area is 147 Å². The predicted molar refractivity (Wildman–Crippen MR) is 96.1 cm³/mol. The maximum Gasteiger partial charge on any atom is 0.165 e. The van der Waals surface area contributed by atoms with Crippen LogP contribution in [0, 0.1) is 0 Å². The molecule has 1 aromatic heterocycles. The molecule has 128 valence electrons. The van der Waals surface area contributed by atoms with E-state index in [4.69, 9.17) is 0 Å². The van der Waals surface area contributed by atoms with Gasteiger partial charge >= 0.3 is 0 Å². The molecule has 2 heterocycles. The molecule has 1 aliphatic carbocycles. The van der Waals surface area contributed by atoms with E-state index in [-0.39, 0.29) is 11.5 Å². The second-order valence-electron chi connectivity index (χ2n) is 6.98. The van der Waals surface area contributed by atoms with Gasteiger partial charge in [-0.15, -0.1) is 0 Å². The fraction of sp³-hybridized carbons (Fsp3) is 0.350. The molecule has 0 spiro atoms. The molecule has 2 aromatic rings. The zero-order valence-electron chi connectivity index (χ0n) is 14.5. The van der Waals surface area contributed by atoms with Crippen LogP contribution < -0.4 is 0 Å². The standard InChI is InChI=1S/C20H21N3O2/c1-12(2)23-8-7-13-16(11-23)15-9-17(14-5-3-4-6-19(14)24)21-22-18(15)10-20(13)25/h3-6,9,12,24H,7-8,10-11H2,1-2H3. The van der Waals surface area contributed by atoms with Crippen LogP contribution in [0.25, 0.3) is 16.8 Å². The molecule has 1 aliphatic heterocycles. The Morgan fingerprint density at radius 2 is 1.92 bits per heavy atom. The monoisotopic (exact) mass is 335 g/mol. The predicted octanol–water partition coefficient (Wildman–Crippen LogP) is 2.84. The highest BCUT2D eigenvalue weighted by Gasteiger charge is 2.32. The zero-order valence-corrected chi connectivity index (χ0v) is 14.5. The number of hydrogen-bond donors (Lipinski definition) is 1. The summed E-state index contributed by atoms with van der Waals surface area (Å²) in [6.45, 7) is 6.03. The highest BCUT2D eigenvalue weighted by atomic mass is 16.3. The van der Waals surface area contributed by atoms with Crippen molar-refractivity contribution in [3.05, 3.63) is 47.2 Å². The van der Waals surface area contributed by atoms with Gasteiger partial charge in [-0.2, -0.15) is 10.2 Å². The number of para-hydroxylation sites is 1. The Hall–Kier alpha value is -2.53. The average Bonchev–Trinajstić information content (AvgIpc) is 2.62. The summed E-state index contributed by atoms with van der Waals surface area (Å²) in [6.07, 6.45) is 1.12. The van der Waals surface area contributed by atoms with Gasteiger partial charge in [-0.1, -0.05) is 12.1 Å². The maximum absolute atomic E-state index is 12.5. The molecule has 0 unspecified atom stereocenters. The topological polar surface area (TPSA) is 66.3 Å². The first-order chi connectivity index (χ1) is 12.0. The zero-order chi connectivity index (χ0) is 17.6. The second-order valence-corrected chi connectivity index (χ2v) is 6.98. The molecule has 0 radical (unpaired) electrons. The molecule has 0 bridgehead atoms. The minimum absolute atomic E-state index is 0.176. The molecule has 0 saturated carbocycles. The Balaban J connectivity index is 1.82. The van der Waals surface area contributed by atoms with Crippen molar-refractivity contribution in [3.63, 3.8) is 0 Å². The first-order valence-electron chi connectivity index (χ1n) is 8.69. The van der Waals surface area contributed by atoms with Crippen molar-refractivity contribution in [3.8, 4) is 17.0 Å². The lowest BCUT2D eigenvalue weighted by atomic mass is 9.83. The van der Waals surface area contributed by atoms with E-state index in [0.29, 0.717) is 23.7 Å². The minimum atomic E-state index is 0.176. The van der Waals surface area contributed by atoms with E-state index in [1.807, 2.05) is 18.2 Å². The van der Waals surface area contributed by atoms with E-state index in [9.17, 15) is 9.90 Å². The number of carbonyl (C=O) groups is 1. The van der Waals surface area contributed by atoms with Crippen molar-refractivity contribution in [1.29, 1.82) is 0 Å². The Bertz CT molecular complexity index is 886. The van der Waals surface area contributed by atoms with Crippen LogP contribution in [0.4, 0.5) is 0 Å². The number of phenols is 1. The van der Waals surface area contributed by atoms with Crippen LogP contribution in [0.3, 0.4) is 0 Å². The van der Waals surface area contributed by atoms with Crippen LogP contribution in [0.2, 0.25) is 0 Å². The summed E-state index contributed by atoms with van der Waals surface area (Å²) in [6, 6.07) is 9.53. The van der Waals surface area contributed by atoms with Gasteiger partial charge in [0, 0.05) is 35.8 Å². The molecule has 25 heavy (non-hydrogen) atoms. The lowest BCUT2D eigenvalue weighted by Gasteiger charge is -2.35. The van der Waals surface area contributed by atoms with Crippen molar-refractivity contribution >= 4 is 11.4 Å². The summed E-state index contributed by atoms with van der Waals surface area (Å²) >= 11 is 0. The average molecular weight is 335 g/mol.